The molecular formula is C17H24N4O4. The fourth-order valence-corrected chi connectivity index (χ4v) is 2.53. The third-order valence-electron chi connectivity index (χ3n) is 3.69. The van der Waals surface area contributed by atoms with Crippen molar-refractivity contribution in [1.29, 1.82) is 0 Å². The van der Waals surface area contributed by atoms with Crippen molar-refractivity contribution in [3.8, 4) is 0 Å². The van der Waals surface area contributed by atoms with Gasteiger partial charge in [-0.05, 0) is 69.3 Å². The number of anilines is 1. The summed E-state index contributed by atoms with van der Waals surface area (Å²) in [6.45, 7) is 10.6. The van der Waals surface area contributed by atoms with Crippen LogP contribution in [-0.4, -0.2) is 24.8 Å². The summed E-state index contributed by atoms with van der Waals surface area (Å²) in [6, 6.07) is 0. The molecule has 1 rings (SSSR count). The molecule has 136 valence electrons. The number of carbonyl (C=O) groups excluding carboxylic acids is 2. The molecule has 0 saturated carbocycles. The number of hydrogen-bond donors (Lipinski definition) is 1. The lowest BCUT2D eigenvalue weighted by atomic mass is 9.93. The molecule has 0 spiro atoms. The van der Waals surface area contributed by atoms with E-state index in [-0.39, 0.29) is 6.42 Å². The zero-order chi connectivity index (χ0) is 19.4. The van der Waals surface area contributed by atoms with Crippen molar-refractivity contribution in [2.75, 3.05) is 12.4 Å². The first-order chi connectivity index (χ1) is 11.5. The minimum atomic E-state index is -0.654. The third-order valence-corrected chi connectivity index (χ3v) is 3.69. The van der Waals surface area contributed by atoms with E-state index in [0.717, 1.165) is 0 Å². The zero-order valence-corrected chi connectivity index (χ0v) is 15.7. The maximum atomic E-state index is 12.1. The Morgan fingerprint density at radius 3 is 2.24 bits per heavy atom. The van der Waals surface area contributed by atoms with Crippen molar-refractivity contribution in [3.05, 3.63) is 32.7 Å². The van der Waals surface area contributed by atoms with Crippen LogP contribution in [0.3, 0.4) is 0 Å². The van der Waals surface area contributed by atoms with Crippen molar-refractivity contribution in [2.24, 2.45) is 5.11 Å². The molecule has 0 aliphatic heterocycles. The highest BCUT2D eigenvalue weighted by atomic mass is 16.6. The van der Waals surface area contributed by atoms with E-state index in [1.54, 1.807) is 41.5 Å². The van der Waals surface area contributed by atoms with Gasteiger partial charge in [-0.3, -0.25) is 10.1 Å². The maximum absolute atomic E-state index is 12.1. The van der Waals surface area contributed by atoms with Crippen LogP contribution in [0.5, 0.6) is 0 Å². The summed E-state index contributed by atoms with van der Waals surface area (Å²) in [4.78, 5) is 26.7. The molecule has 0 radical (unpaired) electrons. The standard InChI is InChI=1S/C17H24N4O4/c1-9-12(8-13(22)24-7)10(2)15(20-21-18)11(3)14(9)19-16(23)25-17(4,5)6/h8H2,1-7H3,(H,19,23). The summed E-state index contributed by atoms with van der Waals surface area (Å²) in [7, 11) is 1.30. The van der Waals surface area contributed by atoms with Crippen molar-refractivity contribution in [3.63, 3.8) is 0 Å². The average molecular weight is 348 g/mol. The van der Waals surface area contributed by atoms with Crippen LogP contribution in [-0.2, 0) is 20.7 Å². The van der Waals surface area contributed by atoms with Gasteiger partial charge < -0.3 is 9.47 Å². The normalized spacial score (nSPS) is 10.7. The predicted octanol–water partition coefficient (Wildman–Crippen LogP) is 4.62. The number of carbonyl (C=O) groups is 2. The van der Waals surface area contributed by atoms with Gasteiger partial charge in [-0.1, -0.05) is 5.11 Å². The Kier molecular flexibility index (Phi) is 6.42. The molecule has 1 N–H and O–H groups in total. The van der Waals surface area contributed by atoms with E-state index < -0.39 is 17.7 Å². The van der Waals surface area contributed by atoms with Crippen LogP contribution in [0.2, 0.25) is 0 Å². The SMILES string of the molecule is COC(=O)Cc1c(C)c(N=[N+]=[N-])c(C)c(NC(=O)OC(C)(C)C)c1C. The second-order valence-electron chi connectivity index (χ2n) is 6.65. The molecule has 0 aliphatic carbocycles. The molecule has 8 nitrogen and oxygen atoms in total. The minimum Gasteiger partial charge on any atom is -0.469 e. The first-order valence-corrected chi connectivity index (χ1v) is 7.76. The van der Waals surface area contributed by atoms with E-state index in [9.17, 15) is 9.59 Å². The Morgan fingerprint density at radius 2 is 1.76 bits per heavy atom. The van der Waals surface area contributed by atoms with Gasteiger partial charge in [0.25, 0.3) is 0 Å². The van der Waals surface area contributed by atoms with Crippen molar-refractivity contribution in [1.82, 2.24) is 0 Å². The first kappa shape index (κ1) is 20.3. The Bertz CT molecular complexity index is 744. The number of ether oxygens (including phenoxy) is 2. The van der Waals surface area contributed by atoms with E-state index in [1.165, 1.54) is 7.11 Å². The average Bonchev–Trinajstić information content (AvgIpc) is 2.50. The monoisotopic (exact) mass is 348 g/mol. The lowest BCUT2D eigenvalue weighted by molar-refractivity contribution is -0.139. The molecule has 1 amide bonds. The van der Waals surface area contributed by atoms with Gasteiger partial charge in [0.2, 0.25) is 0 Å². The first-order valence-electron chi connectivity index (χ1n) is 7.76. The third kappa shape index (κ3) is 5.12. The number of nitrogens with zero attached hydrogens (tertiary/aromatic N) is 3. The van der Waals surface area contributed by atoms with Gasteiger partial charge in [0.1, 0.15) is 5.60 Å². The molecular weight excluding hydrogens is 324 g/mol. The summed E-state index contributed by atoms with van der Waals surface area (Å²) in [5, 5.41) is 6.42. The quantitative estimate of drug-likeness (QED) is 0.370. The molecule has 0 heterocycles. The van der Waals surface area contributed by atoms with Gasteiger partial charge in [0.05, 0.1) is 19.2 Å². The van der Waals surface area contributed by atoms with Gasteiger partial charge >= 0.3 is 12.1 Å². The molecule has 0 aliphatic rings. The number of amides is 1. The van der Waals surface area contributed by atoms with E-state index in [0.29, 0.717) is 33.6 Å². The summed E-state index contributed by atoms with van der Waals surface area (Å²) >= 11 is 0. The van der Waals surface area contributed by atoms with Crippen molar-refractivity contribution < 1.29 is 19.1 Å². The Morgan fingerprint density at radius 1 is 1.16 bits per heavy atom. The second-order valence-corrected chi connectivity index (χ2v) is 6.65. The van der Waals surface area contributed by atoms with E-state index in [2.05, 4.69) is 15.3 Å². The molecule has 1 aromatic carbocycles. The highest BCUT2D eigenvalue weighted by Gasteiger charge is 2.22. The molecule has 1 aromatic rings. The lowest BCUT2D eigenvalue weighted by Crippen LogP contribution is -2.28. The van der Waals surface area contributed by atoms with Gasteiger partial charge in [-0.25, -0.2) is 4.79 Å². The van der Waals surface area contributed by atoms with E-state index in [1.807, 2.05) is 0 Å². The van der Waals surface area contributed by atoms with Crippen LogP contribution in [0.15, 0.2) is 5.11 Å². The van der Waals surface area contributed by atoms with Crippen LogP contribution >= 0.6 is 0 Å². The van der Waals surface area contributed by atoms with Crippen LogP contribution in [0, 0.1) is 20.8 Å². The van der Waals surface area contributed by atoms with Crippen molar-refractivity contribution >= 4 is 23.4 Å². The van der Waals surface area contributed by atoms with Crippen LogP contribution in [0.4, 0.5) is 16.2 Å². The fourth-order valence-electron chi connectivity index (χ4n) is 2.53. The van der Waals surface area contributed by atoms with Gasteiger partial charge in [0, 0.05) is 10.6 Å². The molecule has 0 unspecified atom stereocenters. The summed E-state index contributed by atoms with van der Waals surface area (Å²) < 4.78 is 10.0. The van der Waals surface area contributed by atoms with Crippen LogP contribution in [0.25, 0.3) is 10.4 Å². The number of rotatable bonds is 4. The molecule has 0 saturated heterocycles. The second kappa shape index (κ2) is 7.90. The topological polar surface area (TPSA) is 113 Å². The Hall–Kier alpha value is -2.73. The molecule has 0 aromatic heterocycles. The fraction of sp³-hybridized carbons (Fsp3) is 0.529. The molecule has 8 heteroatoms. The zero-order valence-electron chi connectivity index (χ0n) is 15.7. The number of benzene rings is 1. The molecule has 0 atom stereocenters. The van der Waals surface area contributed by atoms with Crippen LogP contribution in [0.1, 0.15) is 43.0 Å². The summed E-state index contributed by atoms with van der Waals surface area (Å²) in [5.74, 6) is -0.426. The molecule has 0 bridgehead atoms. The number of nitrogens with one attached hydrogen (secondary N) is 1. The highest BCUT2D eigenvalue weighted by Crippen LogP contribution is 2.37. The summed E-state index contributed by atoms with van der Waals surface area (Å²) in [6.07, 6.45) is -0.621. The smallest absolute Gasteiger partial charge is 0.412 e. The highest BCUT2D eigenvalue weighted by molar-refractivity contribution is 5.90. The predicted molar refractivity (Wildman–Crippen MR) is 95.0 cm³/mol. The minimum absolute atomic E-state index is 0.00535. The maximum Gasteiger partial charge on any atom is 0.412 e. The van der Waals surface area contributed by atoms with Gasteiger partial charge in [0.15, 0.2) is 0 Å². The molecule has 25 heavy (non-hydrogen) atoms. The largest absolute Gasteiger partial charge is 0.469 e. The van der Waals surface area contributed by atoms with Crippen LogP contribution < -0.4 is 5.32 Å². The number of azide groups is 1. The van der Waals surface area contributed by atoms with Crippen molar-refractivity contribution in [2.45, 2.75) is 53.6 Å². The van der Waals surface area contributed by atoms with E-state index in [4.69, 9.17) is 15.0 Å². The van der Waals surface area contributed by atoms with Gasteiger partial charge in [-0.15, -0.1) is 0 Å². The number of hydrogen-bond acceptors (Lipinski definition) is 5. The molecule has 0 fully saturated rings. The van der Waals surface area contributed by atoms with E-state index >= 15 is 0 Å². The Labute approximate surface area is 147 Å². The van der Waals surface area contributed by atoms with Gasteiger partial charge in [-0.2, -0.15) is 0 Å². The Balaban J connectivity index is 3.47. The lowest BCUT2D eigenvalue weighted by Gasteiger charge is -2.23. The number of esters is 1. The summed E-state index contributed by atoms with van der Waals surface area (Å²) in [5.41, 5.74) is 11.6. The number of methoxy groups -OCH3 is 1.